The Kier molecular flexibility index (Phi) is 57.4. The van der Waals surface area contributed by atoms with Crippen molar-refractivity contribution in [3.63, 3.8) is 0 Å². The fraction of sp³-hybridized carbons (Fsp3) is 0.680. The minimum absolute atomic E-state index is 0.0127. The Bertz CT molecular complexity index is 3530. The Hall–Kier alpha value is -11.4. The molecule has 0 aliphatic carbocycles. The van der Waals surface area contributed by atoms with Crippen LogP contribution in [0.3, 0.4) is 0 Å². The van der Waals surface area contributed by atoms with E-state index in [0.717, 1.165) is 0 Å². The molecule has 696 valence electrons. The van der Waals surface area contributed by atoms with Gasteiger partial charge in [0.15, 0.2) is 17.9 Å². The van der Waals surface area contributed by atoms with Crippen LogP contribution in [0.25, 0.3) is 0 Å². The Morgan fingerprint density at radius 1 is 0.301 bits per heavy atom. The summed E-state index contributed by atoms with van der Waals surface area (Å²) in [6, 6.07) is -12.5. The Labute approximate surface area is 715 Å². The third-order valence-corrected chi connectivity index (χ3v) is 19.0. The number of nitrogens with one attached hydrogen (secondary N) is 13. The molecule has 0 saturated carbocycles. The highest BCUT2D eigenvalue weighted by Gasteiger charge is 2.37. The first kappa shape index (κ1) is 110. The molecule has 1 aromatic carbocycles. The van der Waals surface area contributed by atoms with Crippen LogP contribution in [0.1, 0.15) is 173 Å². The summed E-state index contributed by atoms with van der Waals surface area (Å²) < 4.78 is 0. The highest BCUT2D eigenvalue weighted by Crippen LogP contribution is 2.16. The molecule has 0 radical (unpaired) electrons. The monoisotopic (exact) mass is 1750 g/mol. The van der Waals surface area contributed by atoms with Crippen LogP contribution in [0.5, 0.6) is 5.75 Å². The molecule has 14 amide bonds. The Morgan fingerprint density at radius 2 is 0.553 bits per heavy atom. The van der Waals surface area contributed by atoms with E-state index in [1.165, 1.54) is 24.3 Å². The number of carboxylic acid groups (broad SMARTS) is 1. The molecule has 0 heterocycles. The average Bonchev–Trinajstić information content (AvgIpc) is 0.852. The second-order valence-corrected chi connectivity index (χ2v) is 29.2. The topological polar surface area (TPSA) is 874 Å². The lowest BCUT2D eigenvalue weighted by Crippen LogP contribution is -2.61. The average molecular weight is 1750 g/mol. The van der Waals surface area contributed by atoms with Gasteiger partial charge in [-0.2, -0.15) is 0 Å². The number of phenols is 1. The van der Waals surface area contributed by atoms with Gasteiger partial charge in [-0.05, 0) is 217 Å². The lowest BCUT2D eigenvalue weighted by atomic mass is 10.0. The minimum Gasteiger partial charge on any atom is -0.508 e. The van der Waals surface area contributed by atoms with Crippen molar-refractivity contribution in [2.24, 2.45) is 95.2 Å². The number of phenolic OH excluding ortho intramolecular Hbond substituents is 1. The Balaban J connectivity index is 3.90. The van der Waals surface area contributed by atoms with Gasteiger partial charge in [0.2, 0.25) is 82.7 Å². The largest absolute Gasteiger partial charge is 0.508 e. The molecule has 0 aliphatic heterocycles. The third-order valence-electron chi connectivity index (χ3n) is 19.0. The van der Waals surface area contributed by atoms with Crippen LogP contribution < -0.4 is 149 Å². The molecule has 12 atom stereocenters. The van der Waals surface area contributed by atoms with Crippen molar-refractivity contribution in [1.82, 2.24) is 69.1 Å². The van der Waals surface area contributed by atoms with Crippen LogP contribution >= 0.6 is 0 Å². The molecule has 48 heteroatoms. The molecule has 123 heavy (non-hydrogen) atoms. The number of aliphatic hydroxyl groups is 1. The molecule has 1 aromatic rings. The number of hydrogen-bond acceptors (Lipinski definition) is 27. The molecule has 0 bridgehead atoms. The van der Waals surface area contributed by atoms with Gasteiger partial charge < -0.3 is 165 Å². The third kappa shape index (κ3) is 48.7. The van der Waals surface area contributed by atoms with Gasteiger partial charge in [0.1, 0.15) is 78.3 Å². The smallest absolute Gasteiger partial charge is 0.326 e. The number of aromatic hydroxyl groups is 1. The van der Waals surface area contributed by atoms with E-state index in [9.17, 15) is 87.2 Å². The van der Waals surface area contributed by atoms with Gasteiger partial charge in [-0.1, -0.05) is 12.1 Å². The number of primary amides is 1. The van der Waals surface area contributed by atoms with E-state index in [0.29, 0.717) is 63.5 Å². The van der Waals surface area contributed by atoms with Crippen molar-refractivity contribution >= 4 is 107 Å². The molecule has 0 fully saturated rings. The number of carbonyl (C=O) groups is 15. The molecule has 1 rings (SSSR count). The number of rotatable bonds is 69. The van der Waals surface area contributed by atoms with Gasteiger partial charge in [-0.15, -0.1) is 0 Å². The second-order valence-electron chi connectivity index (χ2n) is 29.2. The zero-order valence-electron chi connectivity index (χ0n) is 70.2. The number of carboxylic acids is 1. The predicted molar refractivity (Wildman–Crippen MR) is 457 cm³/mol. The van der Waals surface area contributed by atoms with E-state index >= 15 is 0 Å². The van der Waals surface area contributed by atoms with Crippen LogP contribution in [-0.4, -0.2) is 273 Å². The normalized spacial score (nSPS) is 13.9. The van der Waals surface area contributed by atoms with Gasteiger partial charge in [0, 0.05) is 32.5 Å². The molecule has 44 N–H and O–H groups in total. The second kappa shape index (κ2) is 64.4. The summed E-state index contributed by atoms with van der Waals surface area (Å²) >= 11 is 0. The molecule has 48 nitrogen and oxygen atoms in total. The van der Waals surface area contributed by atoms with Gasteiger partial charge in [-0.3, -0.25) is 82.1 Å². The summed E-state index contributed by atoms with van der Waals surface area (Å²) in [5.74, 6) is -15.5. The molecule has 0 spiro atoms. The SMILES string of the molecule is NCCCCC(NC(=O)C(Cc1ccc(O)cc1)NC(=O)C(CCCN=C(N)N)NC(=O)C(CO)NC(=O)C(CCCCN)NC(=O)C(CCCCN)NC(=O)C(CCCN=C(N)N)NC(=O)C(CCCCN)NC(=O)C(CCCN=C(N)N)NC(=O)C(CCCCN)NC(=O)C(CCC(N)=O)NC(=O)CNC(=O)C(CCCCN)NC(=O)CN)C(=O)O. The van der Waals surface area contributed by atoms with E-state index in [4.69, 9.17) is 80.3 Å². The quantitative estimate of drug-likeness (QED) is 0.0164. The molecular weight excluding hydrogens is 1610 g/mol. The van der Waals surface area contributed by atoms with E-state index in [2.05, 4.69) is 84.1 Å². The van der Waals surface area contributed by atoms with Gasteiger partial charge >= 0.3 is 5.97 Å². The summed E-state index contributed by atoms with van der Waals surface area (Å²) in [4.78, 5) is 221. The van der Waals surface area contributed by atoms with E-state index in [1.807, 2.05) is 0 Å². The maximum atomic E-state index is 14.9. The first-order valence-electron chi connectivity index (χ1n) is 41.5. The fourth-order valence-corrected chi connectivity index (χ4v) is 12.2. The summed E-state index contributed by atoms with van der Waals surface area (Å²) in [5.41, 5.74) is 79.6. The van der Waals surface area contributed by atoms with Gasteiger partial charge in [0.25, 0.3) is 0 Å². The predicted octanol–water partition coefficient (Wildman–Crippen LogP) is -10.9. The van der Waals surface area contributed by atoms with Crippen LogP contribution in [0, 0.1) is 0 Å². The van der Waals surface area contributed by atoms with Crippen molar-refractivity contribution in [3.05, 3.63) is 29.8 Å². The number of nitrogens with zero attached hydrogens (tertiary/aromatic N) is 3. The molecule has 0 saturated heterocycles. The van der Waals surface area contributed by atoms with Crippen molar-refractivity contribution < 1.29 is 87.2 Å². The summed E-state index contributed by atoms with van der Waals surface area (Å²) in [6.07, 6.45) is 1.73. The first-order chi connectivity index (χ1) is 58.6. The van der Waals surface area contributed by atoms with Crippen molar-refractivity contribution in [1.29, 1.82) is 0 Å². The number of hydrogen-bond donors (Lipinski definition) is 30. The highest BCUT2D eigenvalue weighted by molar-refractivity contribution is 6.00. The van der Waals surface area contributed by atoms with Crippen LogP contribution in [0.15, 0.2) is 39.2 Å². The zero-order valence-corrected chi connectivity index (χ0v) is 70.2. The van der Waals surface area contributed by atoms with Crippen molar-refractivity contribution in [2.75, 3.05) is 78.6 Å². The van der Waals surface area contributed by atoms with Crippen LogP contribution in [0.4, 0.5) is 0 Å². The maximum Gasteiger partial charge on any atom is 0.326 e. The van der Waals surface area contributed by atoms with Gasteiger partial charge in [-0.25, -0.2) is 4.79 Å². The number of aliphatic carboxylic acids is 1. The molecule has 0 aromatic heterocycles. The number of nitrogens with two attached hydrogens (primary N) is 14. The molecule has 12 unspecified atom stereocenters. The lowest BCUT2D eigenvalue weighted by Gasteiger charge is -2.28. The fourth-order valence-electron chi connectivity index (χ4n) is 12.2. The number of aliphatic imine (C=N–C) groups is 3. The number of aliphatic hydroxyl groups excluding tert-OH is 1. The van der Waals surface area contributed by atoms with Crippen molar-refractivity contribution in [3.8, 4) is 5.75 Å². The Morgan fingerprint density at radius 3 is 0.837 bits per heavy atom. The first-order valence-corrected chi connectivity index (χ1v) is 41.5. The van der Waals surface area contributed by atoms with Crippen molar-refractivity contribution in [2.45, 2.75) is 246 Å². The molecular formula is C75H138N30O18. The lowest BCUT2D eigenvalue weighted by molar-refractivity contribution is -0.142. The van der Waals surface area contributed by atoms with E-state index in [-0.39, 0.29) is 185 Å². The van der Waals surface area contributed by atoms with E-state index < -0.39 is 194 Å². The summed E-state index contributed by atoms with van der Waals surface area (Å²) in [6.45, 7) is -1.37. The maximum absolute atomic E-state index is 14.9. The summed E-state index contributed by atoms with van der Waals surface area (Å²) in [7, 11) is 0. The summed E-state index contributed by atoms with van der Waals surface area (Å²) in [5, 5.41) is 63.9. The zero-order chi connectivity index (χ0) is 92.2. The van der Waals surface area contributed by atoms with E-state index in [1.54, 1.807) is 0 Å². The number of amides is 14. The molecule has 0 aliphatic rings. The number of unbranched alkanes of at least 4 members (excludes halogenated alkanes) is 6. The minimum atomic E-state index is -1.85. The number of guanidine groups is 3. The van der Waals surface area contributed by atoms with Crippen LogP contribution in [-0.2, 0) is 78.3 Å². The number of carbonyl (C=O) groups excluding carboxylic acids is 14. The van der Waals surface area contributed by atoms with Gasteiger partial charge in [0.05, 0.1) is 19.7 Å². The highest BCUT2D eigenvalue weighted by atomic mass is 16.4. The van der Waals surface area contributed by atoms with Crippen LogP contribution in [0.2, 0.25) is 0 Å². The standard InChI is InChI=1S/C75H138N30O18/c76-31-7-1-16-46(94-59(109)41-82)61(111)93-42-60(110)95-54(29-30-58(83)108)69(119)99-49(19-4-10-34-79)64(114)101-52(23-14-38-91-74(86)87)66(116)97-48(18-3-9-33-78)63(113)100-51(22-13-37-90-73(84)85)65(115)96-47(17-2-8-32-77)62(112)98-50(20-5-11-35-80)68(118)105-57(43-106)71(121)102-53(24-15-39-92-75(88)89)67(117)104-56(40-44-25-27-45(107)28-26-44)70(120)103-55(72(122)123)21-6-12-36-81/h25-28,46-57,106-107H,1-24,29-43,76-82H2,(H2,83,108)(H,93,111)(H,94,109)(H,95,110)(H,96,115)(H,97,116)(H,98,112)(H,99,119)(H,100,113)(H,101,114)(H,102,121)(H,103,120)(H,104,117)(H,105,118)(H,122,123)(H4,84,85,90)(H4,86,87,91)(H4,88,89,92). The number of benzene rings is 1.